The summed E-state index contributed by atoms with van der Waals surface area (Å²) in [5.74, 6) is -0.529. The summed E-state index contributed by atoms with van der Waals surface area (Å²) in [5.41, 5.74) is 7.97. The van der Waals surface area contributed by atoms with Crippen molar-refractivity contribution in [3.8, 4) is 11.1 Å². The summed E-state index contributed by atoms with van der Waals surface area (Å²) in [6.45, 7) is 1.82. The van der Waals surface area contributed by atoms with E-state index in [4.69, 9.17) is 17.3 Å². The Morgan fingerprint density at radius 2 is 1.88 bits per heavy atom. The van der Waals surface area contributed by atoms with E-state index in [1.54, 1.807) is 6.07 Å². The Balaban J connectivity index is 2.55. The number of aromatic nitrogens is 1. The molecule has 0 aliphatic rings. The van der Waals surface area contributed by atoms with E-state index in [2.05, 4.69) is 4.98 Å². The topological polar surface area (TPSA) is 56.0 Å². The number of rotatable bonds is 2. The van der Waals surface area contributed by atoms with Gasteiger partial charge in [0.15, 0.2) is 0 Å². The van der Waals surface area contributed by atoms with Gasteiger partial charge in [-0.2, -0.15) is 0 Å². The summed E-state index contributed by atoms with van der Waals surface area (Å²) in [7, 11) is 0. The zero-order valence-electron chi connectivity index (χ0n) is 9.27. The standard InChI is InChI=1S/C13H11ClN2O/c1-8-9(6-7-12(16-8)13(15)17)10-4-2-3-5-11(10)14/h2-7H,1H3,(H2,15,17). The number of hydrogen-bond acceptors (Lipinski definition) is 2. The second-order valence-electron chi connectivity index (χ2n) is 3.67. The lowest BCUT2D eigenvalue weighted by molar-refractivity contribution is 0.0995. The number of carbonyl (C=O) groups excluding carboxylic acids is 1. The van der Waals surface area contributed by atoms with E-state index in [0.717, 1.165) is 16.8 Å². The first-order chi connectivity index (χ1) is 8.09. The van der Waals surface area contributed by atoms with E-state index in [9.17, 15) is 4.79 Å². The molecule has 0 atom stereocenters. The number of halogens is 1. The van der Waals surface area contributed by atoms with Crippen molar-refractivity contribution in [1.29, 1.82) is 0 Å². The maximum absolute atomic E-state index is 11.0. The third kappa shape index (κ3) is 2.29. The van der Waals surface area contributed by atoms with Gasteiger partial charge in [-0.15, -0.1) is 0 Å². The highest BCUT2D eigenvalue weighted by Gasteiger charge is 2.09. The Bertz CT molecular complexity index is 581. The molecule has 2 rings (SSSR count). The number of nitrogens with zero attached hydrogens (tertiary/aromatic N) is 1. The first-order valence-corrected chi connectivity index (χ1v) is 5.49. The highest BCUT2D eigenvalue weighted by molar-refractivity contribution is 6.33. The van der Waals surface area contributed by atoms with Gasteiger partial charge in [0.1, 0.15) is 5.69 Å². The molecule has 1 heterocycles. The van der Waals surface area contributed by atoms with E-state index in [1.165, 1.54) is 0 Å². The second kappa shape index (κ2) is 4.55. The molecular formula is C13H11ClN2O. The van der Waals surface area contributed by atoms with Gasteiger partial charge in [0.25, 0.3) is 5.91 Å². The van der Waals surface area contributed by atoms with E-state index < -0.39 is 5.91 Å². The Labute approximate surface area is 104 Å². The highest BCUT2D eigenvalue weighted by atomic mass is 35.5. The van der Waals surface area contributed by atoms with Crippen LogP contribution in [0.5, 0.6) is 0 Å². The lowest BCUT2D eigenvalue weighted by Crippen LogP contribution is -2.13. The van der Waals surface area contributed by atoms with Gasteiger partial charge in [-0.25, -0.2) is 4.98 Å². The average molecular weight is 247 g/mol. The summed E-state index contributed by atoms with van der Waals surface area (Å²) >= 11 is 6.11. The van der Waals surface area contributed by atoms with Crippen molar-refractivity contribution < 1.29 is 4.79 Å². The zero-order valence-corrected chi connectivity index (χ0v) is 10.0. The Hall–Kier alpha value is -1.87. The van der Waals surface area contributed by atoms with Crippen LogP contribution >= 0.6 is 11.6 Å². The molecule has 1 aromatic carbocycles. The molecule has 4 heteroatoms. The fourth-order valence-corrected chi connectivity index (χ4v) is 1.90. The number of hydrogen-bond donors (Lipinski definition) is 1. The Morgan fingerprint density at radius 3 is 2.47 bits per heavy atom. The van der Waals surface area contributed by atoms with Gasteiger partial charge in [0.05, 0.1) is 0 Å². The molecule has 2 N–H and O–H groups in total. The number of benzene rings is 1. The third-order valence-corrected chi connectivity index (χ3v) is 2.83. The molecule has 0 unspecified atom stereocenters. The van der Waals surface area contributed by atoms with Crippen molar-refractivity contribution in [2.45, 2.75) is 6.92 Å². The van der Waals surface area contributed by atoms with Crippen LogP contribution in [0.1, 0.15) is 16.2 Å². The summed E-state index contributed by atoms with van der Waals surface area (Å²) in [4.78, 5) is 15.2. The molecule has 0 bridgehead atoms. The molecule has 2 aromatic rings. The van der Waals surface area contributed by atoms with Crippen LogP contribution in [0.3, 0.4) is 0 Å². The van der Waals surface area contributed by atoms with Crippen molar-refractivity contribution in [2.75, 3.05) is 0 Å². The molecule has 3 nitrogen and oxygen atoms in total. The monoisotopic (exact) mass is 246 g/mol. The van der Waals surface area contributed by atoms with E-state index in [0.29, 0.717) is 5.02 Å². The first-order valence-electron chi connectivity index (χ1n) is 5.12. The predicted molar refractivity (Wildman–Crippen MR) is 67.9 cm³/mol. The normalized spacial score (nSPS) is 10.2. The number of primary amides is 1. The van der Waals surface area contributed by atoms with Crippen LogP contribution in [0.25, 0.3) is 11.1 Å². The molecule has 1 aromatic heterocycles. The van der Waals surface area contributed by atoms with E-state index in [1.807, 2.05) is 37.3 Å². The summed E-state index contributed by atoms with van der Waals surface area (Å²) in [6, 6.07) is 10.9. The number of amides is 1. The van der Waals surface area contributed by atoms with Crippen LogP contribution in [0.2, 0.25) is 5.02 Å². The molecule has 86 valence electrons. The number of carbonyl (C=O) groups is 1. The molecule has 0 aliphatic carbocycles. The molecule has 1 amide bonds. The van der Waals surface area contributed by atoms with Crippen molar-refractivity contribution >= 4 is 17.5 Å². The Kier molecular flexibility index (Phi) is 3.11. The molecule has 0 aliphatic heterocycles. The predicted octanol–water partition coefficient (Wildman–Crippen LogP) is 2.81. The van der Waals surface area contributed by atoms with E-state index in [-0.39, 0.29) is 5.69 Å². The molecule has 0 radical (unpaired) electrons. The summed E-state index contributed by atoms with van der Waals surface area (Å²) < 4.78 is 0. The van der Waals surface area contributed by atoms with Crippen LogP contribution in [0.4, 0.5) is 0 Å². The van der Waals surface area contributed by atoms with Crippen LogP contribution < -0.4 is 5.73 Å². The van der Waals surface area contributed by atoms with Crippen molar-refractivity contribution in [2.24, 2.45) is 5.73 Å². The summed E-state index contributed by atoms with van der Waals surface area (Å²) in [5, 5.41) is 0.657. The van der Waals surface area contributed by atoms with Gasteiger partial charge < -0.3 is 5.73 Å². The number of aryl methyl sites for hydroxylation is 1. The van der Waals surface area contributed by atoms with Crippen LogP contribution in [0.15, 0.2) is 36.4 Å². The molecule has 0 fully saturated rings. The molecular weight excluding hydrogens is 236 g/mol. The lowest BCUT2D eigenvalue weighted by atomic mass is 10.0. The molecule has 0 spiro atoms. The third-order valence-electron chi connectivity index (χ3n) is 2.50. The fraction of sp³-hybridized carbons (Fsp3) is 0.0769. The zero-order chi connectivity index (χ0) is 12.4. The smallest absolute Gasteiger partial charge is 0.267 e. The van der Waals surface area contributed by atoms with Crippen molar-refractivity contribution in [3.63, 3.8) is 0 Å². The van der Waals surface area contributed by atoms with Crippen LogP contribution in [-0.2, 0) is 0 Å². The minimum Gasteiger partial charge on any atom is -0.364 e. The minimum absolute atomic E-state index is 0.262. The minimum atomic E-state index is -0.529. The van der Waals surface area contributed by atoms with Crippen LogP contribution in [0, 0.1) is 6.92 Å². The van der Waals surface area contributed by atoms with Gasteiger partial charge in [-0.1, -0.05) is 35.9 Å². The van der Waals surface area contributed by atoms with E-state index >= 15 is 0 Å². The van der Waals surface area contributed by atoms with Crippen molar-refractivity contribution in [3.05, 3.63) is 52.8 Å². The van der Waals surface area contributed by atoms with Gasteiger partial charge in [0.2, 0.25) is 0 Å². The SMILES string of the molecule is Cc1nc(C(N)=O)ccc1-c1ccccc1Cl. The number of pyridine rings is 1. The van der Waals surface area contributed by atoms with Crippen LogP contribution in [-0.4, -0.2) is 10.9 Å². The highest BCUT2D eigenvalue weighted by Crippen LogP contribution is 2.29. The van der Waals surface area contributed by atoms with Gasteiger partial charge >= 0.3 is 0 Å². The average Bonchev–Trinajstić information content (AvgIpc) is 2.30. The summed E-state index contributed by atoms with van der Waals surface area (Å²) in [6.07, 6.45) is 0. The second-order valence-corrected chi connectivity index (χ2v) is 4.08. The fourth-order valence-electron chi connectivity index (χ4n) is 1.66. The molecule has 17 heavy (non-hydrogen) atoms. The quantitative estimate of drug-likeness (QED) is 0.886. The van der Waals surface area contributed by atoms with Crippen molar-refractivity contribution in [1.82, 2.24) is 4.98 Å². The first kappa shape index (κ1) is 11.6. The lowest BCUT2D eigenvalue weighted by Gasteiger charge is -2.08. The van der Waals surface area contributed by atoms with Gasteiger partial charge in [-0.3, -0.25) is 4.79 Å². The maximum atomic E-state index is 11.0. The Morgan fingerprint density at radius 1 is 1.18 bits per heavy atom. The number of nitrogens with two attached hydrogens (primary N) is 1. The maximum Gasteiger partial charge on any atom is 0.267 e. The largest absolute Gasteiger partial charge is 0.364 e. The molecule has 0 saturated carbocycles. The van der Waals surface area contributed by atoms with Gasteiger partial charge in [-0.05, 0) is 19.1 Å². The molecule has 0 saturated heterocycles. The van der Waals surface area contributed by atoms with Gasteiger partial charge in [0, 0.05) is 21.8 Å².